The van der Waals surface area contributed by atoms with Crippen molar-refractivity contribution in [2.24, 2.45) is 0 Å². The van der Waals surface area contributed by atoms with Gasteiger partial charge in [0.1, 0.15) is 0 Å². The molecule has 0 saturated heterocycles. The molecule has 29 heavy (non-hydrogen) atoms. The van der Waals surface area contributed by atoms with Gasteiger partial charge >= 0.3 is 0 Å². The van der Waals surface area contributed by atoms with Gasteiger partial charge in [-0.1, -0.05) is 66.2 Å². The molecule has 0 aliphatic carbocycles. The predicted molar refractivity (Wildman–Crippen MR) is 120 cm³/mol. The molecule has 0 bridgehead atoms. The summed E-state index contributed by atoms with van der Waals surface area (Å²) in [5.41, 5.74) is 3.91. The van der Waals surface area contributed by atoms with Crippen molar-refractivity contribution in [1.29, 1.82) is 0 Å². The van der Waals surface area contributed by atoms with E-state index in [0.717, 1.165) is 35.5 Å². The minimum atomic E-state index is -3.70. The highest BCUT2D eigenvalue weighted by molar-refractivity contribution is 7.89. The fourth-order valence-electron chi connectivity index (χ4n) is 3.48. The van der Waals surface area contributed by atoms with Crippen molar-refractivity contribution in [2.45, 2.75) is 31.7 Å². The van der Waals surface area contributed by atoms with Gasteiger partial charge in [0.25, 0.3) is 0 Å². The topological polar surface area (TPSA) is 49.4 Å². The lowest BCUT2D eigenvalue weighted by Gasteiger charge is -2.28. The minimum Gasteiger partial charge on any atom is -0.372 e. The molecule has 0 aliphatic heterocycles. The Bertz CT molecular complexity index is 1030. The first kappa shape index (κ1) is 21.1. The van der Waals surface area contributed by atoms with Gasteiger partial charge in [0.2, 0.25) is 10.0 Å². The molecule has 0 saturated carbocycles. The Kier molecular flexibility index (Phi) is 6.72. The molecule has 0 spiro atoms. The maximum Gasteiger partial charge on any atom is 0.241 e. The lowest BCUT2D eigenvalue weighted by atomic mass is 9.97. The third-order valence-electron chi connectivity index (χ3n) is 5.09. The molecule has 0 amide bonds. The quantitative estimate of drug-likeness (QED) is 0.576. The van der Waals surface area contributed by atoms with Crippen molar-refractivity contribution in [2.75, 3.05) is 18.0 Å². The number of anilines is 1. The van der Waals surface area contributed by atoms with Gasteiger partial charge in [-0.3, -0.25) is 0 Å². The molecule has 3 rings (SSSR count). The Labute approximate surface area is 174 Å². The fourth-order valence-corrected chi connectivity index (χ4v) is 4.68. The zero-order chi connectivity index (χ0) is 20.9. The number of aryl methyl sites for hydroxylation is 1. The van der Waals surface area contributed by atoms with E-state index in [4.69, 9.17) is 0 Å². The molecule has 1 atom stereocenters. The fraction of sp³-hybridized carbons (Fsp3) is 0.250. The highest BCUT2D eigenvalue weighted by Gasteiger charge is 2.25. The van der Waals surface area contributed by atoms with Crippen LogP contribution in [-0.2, 0) is 10.0 Å². The number of rotatable bonds is 8. The van der Waals surface area contributed by atoms with Crippen LogP contribution in [0, 0.1) is 6.92 Å². The third kappa shape index (κ3) is 4.86. The van der Waals surface area contributed by atoms with Crippen molar-refractivity contribution < 1.29 is 8.42 Å². The molecule has 0 aromatic heterocycles. The second-order valence-corrected chi connectivity index (χ2v) is 8.72. The molecule has 4 nitrogen and oxygen atoms in total. The highest BCUT2D eigenvalue weighted by Crippen LogP contribution is 2.32. The average molecular weight is 409 g/mol. The Hall–Kier alpha value is -2.63. The van der Waals surface area contributed by atoms with Crippen molar-refractivity contribution >= 4 is 15.7 Å². The molecule has 3 aromatic rings. The summed E-state index contributed by atoms with van der Waals surface area (Å²) < 4.78 is 29.3. The molecule has 5 heteroatoms. The van der Waals surface area contributed by atoms with Crippen LogP contribution in [0.4, 0.5) is 5.69 Å². The Balaban J connectivity index is 2.09. The lowest BCUT2D eigenvalue weighted by molar-refractivity contribution is 0.572. The Morgan fingerprint density at radius 3 is 2.03 bits per heavy atom. The van der Waals surface area contributed by atoms with E-state index >= 15 is 0 Å². The van der Waals surface area contributed by atoms with Gasteiger partial charge in [-0.2, -0.15) is 4.72 Å². The van der Waals surface area contributed by atoms with Crippen molar-refractivity contribution in [3.63, 3.8) is 0 Å². The average Bonchev–Trinajstić information content (AvgIpc) is 2.74. The zero-order valence-corrected chi connectivity index (χ0v) is 18.0. The van der Waals surface area contributed by atoms with E-state index in [2.05, 4.69) is 29.5 Å². The highest BCUT2D eigenvalue weighted by atomic mass is 32.2. The second kappa shape index (κ2) is 9.25. The molecular formula is C24H28N2O2S. The van der Waals surface area contributed by atoms with Crippen LogP contribution in [0.25, 0.3) is 0 Å². The van der Waals surface area contributed by atoms with Gasteiger partial charge in [0, 0.05) is 18.8 Å². The summed E-state index contributed by atoms with van der Waals surface area (Å²) in [6.07, 6.45) is 0. The second-order valence-electron chi connectivity index (χ2n) is 7.01. The van der Waals surface area contributed by atoms with Gasteiger partial charge in [0.15, 0.2) is 0 Å². The molecule has 3 aromatic carbocycles. The van der Waals surface area contributed by atoms with Crippen LogP contribution in [0.3, 0.4) is 0 Å². The lowest BCUT2D eigenvalue weighted by Crippen LogP contribution is -2.32. The van der Waals surface area contributed by atoms with Gasteiger partial charge in [-0.15, -0.1) is 0 Å². The van der Waals surface area contributed by atoms with Gasteiger partial charge in [0.05, 0.1) is 10.9 Å². The van der Waals surface area contributed by atoms with E-state index in [9.17, 15) is 8.42 Å². The van der Waals surface area contributed by atoms with Crippen LogP contribution >= 0.6 is 0 Å². The zero-order valence-electron chi connectivity index (χ0n) is 17.2. The number of benzene rings is 3. The molecule has 152 valence electrons. The molecule has 0 aliphatic rings. The molecule has 0 radical (unpaired) electrons. The van der Waals surface area contributed by atoms with E-state index in [1.807, 2.05) is 67.6 Å². The predicted octanol–water partition coefficient (Wildman–Crippen LogP) is 4.91. The van der Waals surface area contributed by atoms with Crippen LogP contribution < -0.4 is 9.62 Å². The number of hydrogen-bond acceptors (Lipinski definition) is 3. The standard InChI is InChI=1S/C24H28N2O2S/c1-4-26(5-2)23-14-10-9-13-22(23)24(20-11-7-6-8-12-20)25-29(27,28)21-17-15-19(3)16-18-21/h6-18,24-25H,4-5H2,1-3H3. The summed E-state index contributed by atoms with van der Waals surface area (Å²) in [6.45, 7) is 7.85. The van der Waals surface area contributed by atoms with Gasteiger partial charge in [-0.25, -0.2) is 8.42 Å². The first-order valence-electron chi connectivity index (χ1n) is 9.94. The van der Waals surface area contributed by atoms with Crippen molar-refractivity contribution in [1.82, 2.24) is 4.72 Å². The maximum atomic E-state index is 13.2. The van der Waals surface area contributed by atoms with E-state index in [1.165, 1.54) is 0 Å². The number of nitrogens with one attached hydrogen (secondary N) is 1. The summed E-state index contributed by atoms with van der Waals surface area (Å²) in [6, 6.07) is 24.2. The van der Waals surface area contributed by atoms with E-state index in [1.54, 1.807) is 12.1 Å². The van der Waals surface area contributed by atoms with Crippen LogP contribution in [-0.4, -0.2) is 21.5 Å². The smallest absolute Gasteiger partial charge is 0.241 e. The summed E-state index contributed by atoms with van der Waals surface area (Å²) in [4.78, 5) is 2.51. The molecule has 0 fully saturated rings. The third-order valence-corrected chi connectivity index (χ3v) is 6.53. The minimum absolute atomic E-state index is 0.268. The molecule has 1 unspecified atom stereocenters. The summed E-state index contributed by atoms with van der Waals surface area (Å²) in [7, 11) is -3.70. The van der Waals surface area contributed by atoms with Crippen LogP contribution in [0.5, 0.6) is 0 Å². The van der Waals surface area contributed by atoms with E-state index < -0.39 is 16.1 Å². The van der Waals surface area contributed by atoms with Crippen molar-refractivity contribution in [3.05, 3.63) is 95.6 Å². The normalized spacial score (nSPS) is 12.5. The molecular weight excluding hydrogens is 380 g/mol. The summed E-state index contributed by atoms with van der Waals surface area (Å²) in [5, 5.41) is 0. The van der Waals surface area contributed by atoms with Gasteiger partial charge in [-0.05, 0) is 50.1 Å². The maximum absolute atomic E-state index is 13.2. The van der Waals surface area contributed by atoms with Crippen LogP contribution in [0.1, 0.15) is 36.6 Å². The molecule has 0 heterocycles. The van der Waals surface area contributed by atoms with Crippen LogP contribution in [0.2, 0.25) is 0 Å². The van der Waals surface area contributed by atoms with E-state index in [-0.39, 0.29) is 4.90 Å². The SMILES string of the molecule is CCN(CC)c1ccccc1C(NS(=O)(=O)c1ccc(C)cc1)c1ccccc1. The largest absolute Gasteiger partial charge is 0.372 e. The number of nitrogens with zero attached hydrogens (tertiary/aromatic N) is 1. The molecule has 1 N–H and O–H groups in total. The number of para-hydroxylation sites is 1. The van der Waals surface area contributed by atoms with Crippen LogP contribution in [0.15, 0.2) is 83.8 Å². The van der Waals surface area contributed by atoms with Gasteiger partial charge < -0.3 is 4.90 Å². The van der Waals surface area contributed by atoms with Crippen molar-refractivity contribution in [3.8, 4) is 0 Å². The monoisotopic (exact) mass is 408 g/mol. The Morgan fingerprint density at radius 2 is 1.41 bits per heavy atom. The summed E-state index contributed by atoms with van der Waals surface area (Å²) in [5.74, 6) is 0. The Morgan fingerprint density at radius 1 is 0.828 bits per heavy atom. The van der Waals surface area contributed by atoms with E-state index in [0.29, 0.717) is 0 Å². The first-order chi connectivity index (χ1) is 14.0. The number of hydrogen-bond donors (Lipinski definition) is 1. The number of sulfonamides is 1. The summed E-state index contributed by atoms with van der Waals surface area (Å²) >= 11 is 0. The first-order valence-corrected chi connectivity index (χ1v) is 11.4.